The predicted molar refractivity (Wildman–Crippen MR) is 86.8 cm³/mol. The fourth-order valence-corrected chi connectivity index (χ4v) is 3.00. The minimum Gasteiger partial charge on any atom is -0.392 e. The summed E-state index contributed by atoms with van der Waals surface area (Å²) < 4.78 is 19.2. The monoisotopic (exact) mass is 324 g/mol. The largest absolute Gasteiger partial charge is 0.392 e. The Morgan fingerprint density at radius 3 is 2.74 bits per heavy atom. The van der Waals surface area contributed by atoms with E-state index in [0.29, 0.717) is 37.4 Å². The zero-order valence-electron chi connectivity index (χ0n) is 13.8. The van der Waals surface area contributed by atoms with Crippen molar-refractivity contribution in [2.24, 2.45) is 0 Å². The van der Waals surface area contributed by atoms with Crippen molar-refractivity contribution in [1.82, 2.24) is 4.90 Å². The summed E-state index contributed by atoms with van der Waals surface area (Å²) in [4.78, 5) is 15.8. The van der Waals surface area contributed by atoms with Crippen molar-refractivity contribution in [3.8, 4) is 0 Å². The average molecular weight is 324 g/mol. The van der Waals surface area contributed by atoms with Gasteiger partial charge in [0, 0.05) is 38.9 Å². The van der Waals surface area contributed by atoms with Gasteiger partial charge >= 0.3 is 0 Å². The number of anilines is 1. The van der Waals surface area contributed by atoms with Crippen LogP contribution in [-0.4, -0.2) is 55.8 Å². The number of amides is 1. The van der Waals surface area contributed by atoms with Crippen LogP contribution >= 0.6 is 0 Å². The van der Waals surface area contributed by atoms with Crippen LogP contribution in [-0.2, 0) is 16.1 Å². The van der Waals surface area contributed by atoms with Gasteiger partial charge in [-0.1, -0.05) is 12.1 Å². The Balaban J connectivity index is 1.95. The van der Waals surface area contributed by atoms with Crippen molar-refractivity contribution in [3.63, 3.8) is 0 Å². The maximum atomic E-state index is 14.3. The number of hydrogen-bond acceptors (Lipinski definition) is 4. The number of halogens is 1. The number of carbonyl (C=O) groups is 1. The van der Waals surface area contributed by atoms with Crippen LogP contribution in [0.3, 0.4) is 0 Å². The molecule has 2 rings (SSSR count). The number of methoxy groups -OCH3 is 1. The normalized spacial score (nSPS) is 15.7. The van der Waals surface area contributed by atoms with Gasteiger partial charge in [-0.3, -0.25) is 4.79 Å². The van der Waals surface area contributed by atoms with Crippen LogP contribution in [0.1, 0.15) is 24.8 Å². The molecular weight excluding hydrogens is 299 g/mol. The molecule has 1 fully saturated rings. The summed E-state index contributed by atoms with van der Waals surface area (Å²) in [6, 6.07) is 5.27. The minimum atomic E-state index is -0.349. The van der Waals surface area contributed by atoms with E-state index < -0.39 is 0 Å². The highest BCUT2D eigenvalue weighted by atomic mass is 19.1. The van der Waals surface area contributed by atoms with E-state index >= 15 is 0 Å². The summed E-state index contributed by atoms with van der Waals surface area (Å²) in [5, 5.41) is 9.18. The maximum Gasteiger partial charge on any atom is 0.224 e. The molecule has 23 heavy (non-hydrogen) atoms. The molecule has 1 heterocycles. The topological polar surface area (TPSA) is 53.0 Å². The van der Waals surface area contributed by atoms with Crippen molar-refractivity contribution < 1.29 is 19.0 Å². The summed E-state index contributed by atoms with van der Waals surface area (Å²) in [6.07, 6.45) is 2.00. The standard InChI is InChI=1S/C17H25FN2O3/c1-19(16(22)8-11-23-2)14-6-9-20(10-7-14)15-5-3-4-13(12-21)17(15)18/h3-5,14,21H,6-12H2,1-2H3. The molecule has 6 heteroatoms. The second kappa shape index (κ2) is 8.26. The molecule has 5 nitrogen and oxygen atoms in total. The van der Waals surface area contributed by atoms with E-state index in [4.69, 9.17) is 4.74 Å². The number of ether oxygens (including phenoxy) is 1. The second-order valence-corrected chi connectivity index (χ2v) is 5.87. The van der Waals surface area contributed by atoms with Gasteiger partial charge in [0.25, 0.3) is 0 Å². The van der Waals surface area contributed by atoms with Gasteiger partial charge in [0.2, 0.25) is 5.91 Å². The van der Waals surface area contributed by atoms with Gasteiger partial charge in [0.05, 0.1) is 25.3 Å². The van der Waals surface area contributed by atoms with Gasteiger partial charge in [0.1, 0.15) is 0 Å². The molecule has 1 aromatic rings. The molecular formula is C17H25FN2O3. The van der Waals surface area contributed by atoms with Gasteiger partial charge in [-0.05, 0) is 18.9 Å². The molecule has 1 aliphatic heterocycles. The summed E-state index contributed by atoms with van der Waals surface area (Å²) in [7, 11) is 3.41. The molecule has 0 aliphatic carbocycles. The third-order valence-electron chi connectivity index (χ3n) is 4.49. The smallest absolute Gasteiger partial charge is 0.224 e. The average Bonchev–Trinajstić information content (AvgIpc) is 2.59. The van der Waals surface area contributed by atoms with Gasteiger partial charge in [-0.15, -0.1) is 0 Å². The first-order valence-corrected chi connectivity index (χ1v) is 7.96. The molecule has 0 bridgehead atoms. The zero-order chi connectivity index (χ0) is 16.8. The Bertz CT molecular complexity index is 531. The van der Waals surface area contributed by atoms with Crippen molar-refractivity contribution in [1.29, 1.82) is 0 Å². The molecule has 1 aliphatic rings. The van der Waals surface area contributed by atoms with Gasteiger partial charge in [0.15, 0.2) is 5.82 Å². The predicted octanol–water partition coefficient (Wildman–Crippen LogP) is 1.78. The summed E-state index contributed by atoms with van der Waals surface area (Å²) >= 11 is 0. The van der Waals surface area contributed by atoms with E-state index in [1.54, 1.807) is 30.2 Å². The van der Waals surface area contributed by atoms with Crippen LogP contribution in [0, 0.1) is 5.82 Å². The Morgan fingerprint density at radius 2 is 2.13 bits per heavy atom. The van der Waals surface area contributed by atoms with E-state index in [-0.39, 0.29) is 24.4 Å². The number of aliphatic hydroxyl groups is 1. The first-order valence-electron chi connectivity index (χ1n) is 7.96. The highest BCUT2D eigenvalue weighted by Crippen LogP contribution is 2.26. The molecule has 1 amide bonds. The van der Waals surface area contributed by atoms with Crippen LogP contribution in [0.5, 0.6) is 0 Å². The van der Waals surface area contributed by atoms with Crippen molar-refractivity contribution in [2.75, 3.05) is 38.8 Å². The molecule has 0 saturated carbocycles. The third-order valence-corrected chi connectivity index (χ3v) is 4.49. The van der Waals surface area contributed by atoms with E-state index in [9.17, 15) is 14.3 Å². The Hall–Kier alpha value is -1.66. The van der Waals surface area contributed by atoms with Crippen molar-refractivity contribution >= 4 is 11.6 Å². The number of rotatable bonds is 6. The fraction of sp³-hybridized carbons (Fsp3) is 0.588. The van der Waals surface area contributed by atoms with E-state index in [1.165, 1.54) is 0 Å². The Labute approximate surface area is 136 Å². The van der Waals surface area contributed by atoms with Gasteiger partial charge in [-0.25, -0.2) is 4.39 Å². The second-order valence-electron chi connectivity index (χ2n) is 5.87. The molecule has 1 saturated heterocycles. The highest BCUT2D eigenvalue weighted by Gasteiger charge is 2.26. The third kappa shape index (κ3) is 4.20. The van der Waals surface area contributed by atoms with Gasteiger partial charge < -0.3 is 19.6 Å². The van der Waals surface area contributed by atoms with Crippen LogP contribution in [0.2, 0.25) is 0 Å². The highest BCUT2D eigenvalue weighted by molar-refractivity contribution is 5.76. The quantitative estimate of drug-likeness (QED) is 0.867. The van der Waals surface area contributed by atoms with Crippen molar-refractivity contribution in [3.05, 3.63) is 29.6 Å². The SMILES string of the molecule is COCCC(=O)N(C)C1CCN(c2cccc(CO)c2F)CC1. The summed E-state index contributed by atoms with van der Waals surface area (Å²) in [5.74, 6) is -0.267. The molecule has 0 unspecified atom stereocenters. The first-order chi connectivity index (χ1) is 11.1. The fourth-order valence-electron chi connectivity index (χ4n) is 3.00. The molecule has 0 atom stereocenters. The number of piperidine rings is 1. The lowest BCUT2D eigenvalue weighted by atomic mass is 10.0. The van der Waals surface area contributed by atoms with Crippen LogP contribution in [0.15, 0.2) is 18.2 Å². The Morgan fingerprint density at radius 1 is 1.43 bits per heavy atom. The van der Waals surface area contributed by atoms with E-state index in [0.717, 1.165) is 12.8 Å². The lowest BCUT2D eigenvalue weighted by Gasteiger charge is -2.38. The lowest BCUT2D eigenvalue weighted by Crippen LogP contribution is -2.46. The molecule has 0 spiro atoms. The number of nitrogens with zero attached hydrogens (tertiary/aromatic N) is 2. The minimum absolute atomic E-state index is 0.0822. The molecule has 1 aromatic carbocycles. The lowest BCUT2D eigenvalue weighted by molar-refractivity contribution is -0.133. The zero-order valence-corrected chi connectivity index (χ0v) is 13.8. The van der Waals surface area contributed by atoms with E-state index in [2.05, 4.69) is 0 Å². The molecule has 0 radical (unpaired) electrons. The van der Waals surface area contributed by atoms with Crippen LogP contribution in [0.25, 0.3) is 0 Å². The number of hydrogen-bond donors (Lipinski definition) is 1. The van der Waals surface area contributed by atoms with E-state index in [1.807, 2.05) is 11.9 Å². The van der Waals surface area contributed by atoms with Crippen molar-refractivity contribution in [2.45, 2.75) is 31.9 Å². The first kappa shape index (κ1) is 17.7. The summed E-state index contributed by atoms with van der Waals surface area (Å²) in [6.45, 7) is 1.52. The Kier molecular flexibility index (Phi) is 6.36. The number of benzene rings is 1. The van der Waals surface area contributed by atoms with Crippen LogP contribution < -0.4 is 4.90 Å². The summed E-state index contributed by atoms with van der Waals surface area (Å²) in [5.41, 5.74) is 0.847. The molecule has 0 aromatic heterocycles. The molecule has 1 N–H and O–H groups in total. The number of carbonyl (C=O) groups excluding carboxylic acids is 1. The van der Waals surface area contributed by atoms with Crippen LogP contribution in [0.4, 0.5) is 10.1 Å². The molecule has 128 valence electrons. The number of aliphatic hydroxyl groups excluding tert-OH is 1. The maximum absolute atomic E-state index is 14.3. The van der Waals surface area contributed by atoms with Gasteiger partial charge in [-0.2, -0.15) is 0 Å².